The number of aryl methyl sites for hydroxylation is 2. The highest BCUT2D eigenvalue weighted by Gasteiger charge is 2.31. The van der Waals surface area contributed by atoms with Gasteiger partial charge in [-0.1, -0.05) is 65.7 Å². The van der Waals surface area contributed by atoms with Crippen LogP contribution in [0.1, 0.15) is 36.1 Å². The highest BCUT2D eigenvalue weighted by Crippen LogP contribution is 2.24. The molecule has 190 valence electrons. The Balaban J connectivity index is 1.95. The Morgan fingerprint density at radius 1 is 0.944 bits per heavy atom. The van der Waals surface area contributed by atoms with Crippen LogP contribution in [0.3, 0.4) is 0 Å². The van der Waals surface area contributed by atoms with E-state index in [1.54, 1.807) is 23.1 Å². The molecule has 0 bridgehead atoms. The molecule has 0 spiro atoms. The number of hydrogen-bond acceptors (Lipinski definition) is 3. The molecule has 0 radical (unpaired) electrons. The molecular weight excluding hydrogens is 495 g/mol. The minimum atomic E-state index is -0.767. The monoisotopic (exact) mass is 526 g/mol. The Morgan fingerprint density at radius 3 is 2.22 bits per heavy atom. The average Bonchev–Trinajstić information content (AvgIpc) is 2.80. The van der Waals surface area contributed by atoms with Gasteiger partial charge >= 0.3 is 0 Å². The Hall–Kier alpha value is -3.02. The fourth-order valence-corrected chi connectivity index (χ4v) is 4.48. The van der Waals surface area contributed by atoms with Gasteiger partial charge in [0.15, 0.2) is 6.61 Å². The van der Waals surface area contributed by atoms with Crippen molar-refractivity contribution in [1.82, 2.24) is 10.2 Å². The second-order valence-electron chi connectivity index (χ2n) is 9.24. The molecule has 0 unspecified atom stereocenters. The molecule has 0 saturated carbocycles. The van der Waals surface area contributed by atoms with Gasteiger partial charge in [-0.2, -0.15) is 0 Å². The summed E-state index contributed by atoms with van der Waals surface area (Å²) in [6.45, 7) is 7.65. The van der Waals surface area contributed by atoms with Gasteiger partial charge in [0.2, 0.25) is 5.91 Å². The summed E-state index contributed by atoms with van der Waals surface area (Å²) in [7, 11) is 0. The van der Waals surface area contributed by atoms with Crippen LogP contribution in [0.25, 0.3) is 0 Å². The lowest BCUT2D eigenvalue weighted by Gasteiger charge is -2.32. The number of nitrogens with zero attached hydrogens (tertiary/aromatic N) is 1. The first-order valence-electron chi connectivity index (χ1n) is 11.9. The summed E-state index contributed by atoms with van der Waals surface area (Å²) in [6.07, 6.45) is 0.347. The van der Waals surface area contributed by atoms with Crippen molar-refractivity contribution in [2.24, 2.45) is 0 Å². The van der Waals surface area contributed by atoms with Crippen LogP contribution in [0.4, 0.5) is 0 Å². The van der Waals surface area contributed by atoms with Crippen molar-refractivity contribution in [3.63, 3.8) is 0 Å². The maximum atomic E-state index is 13.6. The van der Waals surface area contributed by atoms with Crippen molar-refractivity contribution in [1.29, 1.82) is 0 Å². The molecule has 0 aliphatic carbocycles. The number of benzene rings is 3. The number of amides is 2. The molecule has 5 nitrogen and oxygen atoms in total. The van der Waals surface area contributed by atoms with Crippen molar-refractivity contribution < 1.29 is 14.3 Å². The normalized spacial score (nSPS) is 11.8. The van der Waals surface area contributed by atoms with Crippen LogP contribution in [0.2, 0.25) is 10.0 Å². The van der Waals surface area contributed by atoms with E-state index in [9.17, 15) is 9.59 Å². The highest BCUT2D eigenvalue weighted by molar-refractivity contribution is 6.35. The summed E-state index contributed by atoms with van der Waals surface area (Å²) in [5, 5.41) is 3.90. The molecular formula is C29H32Cl2N2O3. The molecule has 0 saturated heterocycles. The van der Waals surface area contributed by atoms with E-state index in [-0.39, 0.29) is 31.0 Å². The van der Waals surface area contributed by atoms with Gasteiger partial charge < -0.3 is 15.0 Å². The molecule has 3 rings (SSSR count). The van der Waals surface area contributed by atoms with Gasteiger partial charge in [-0.15, -0.1) is 0 Å². The largest absolute Gasteiger partial charge is 0.484 e. The third-order valence-electron chi connectivity index (χ3n) is 5.62. The molecule has 0 aromatic heterocycles. The first kappa shape index (κ1) is 27.6. The predicted molar refractivity (Wildman–Crippen MR) is 146 cm³/mol. The fourth-order valence-electron chi connectivity index (χ4n) is 4.01. The van der Waals surface area contributed by atoms with Gasteiger partial charge in [-0.05, 0) is 74.2 Å². The molecule has 7 heteroatoms. The number of carbonyl (C=O) groups excluding carboxylic acids is 2. The standard InChI is InChI=1S/C29H32Cl2N2O3/c1-19(2)32-29(35)27(15-22-8-6-5-7-9-22)33(17-23-10-11-24(30)16-26(23)31)28(34)18-36-25-13-20(3)12-21(4)14-25/h5-14,16,19,27H,15,17-18H2,1-4H3,(H,32,35)/t27-/m0/s1. The van der Waals surface area contributed by atoms with Crippen LogP contribution in [0.5, 0.6) is 5.75 Å². The van der Waals surface area contributed by atoms with Crippen molar-refractivity contribution >= 4 is 35.0 Å². The van der Waals surface area contributed by atoms with Crippen LogP contribution < -0.4 is 10.1 Å². The average molecular weight is 527 g/mol. The molecule has 0 aliphatic heterocycles. The molecule has 1 atom stereocenters. The van der Waals surface area contributed by atoms with E-state index in [0.717, 1.165) is 16.7 Å². The van der Waals surface area contributed by atoms with Gasteiger partial charge in [0.25, 0.3) is 5.91 Å². The second-order valence-corrected chi connectivity index (χ2v) is 10.1. The molecule has 36 heavy (non-hydrogen) atoms. The van der Waals surface area contributed by atoms with E-state index in [4.69, 9.17) is 27.9 Å². The van der Waals surface area contributed by atoms with Crippen LogP contribution in [-0.2, 0) is 22.6 Å². The predicted octanol–water partition coefficient (Wildman–Crippen LogP) is 6.15. The first-order chi connectivity index (χ1) is 17.1. The second kappa shape index (κ2) is 12.8. The summed E-state index contributed by atoms with van der Waals surface area (Å²) < 4.78 is 5.88. The van der Waals surface area contributed by atoms with Crippen molar-refractivity contribution in [3.8, 4) is 5.75 Å². The number of ether oxygens (including phenoxy) is 1. The Bertz CT molecular complexity index is 1180. The minimum absolute atomic E-state index is 0.0848. The number of carbonyl (C=O) groups is 2. The summed E-state index contributed by atoms with van der Waals surface area (Å²) in [6, 6.07) is 19.7. The first-order valence-corrected chi connectivity index (χ1v) is 12.7. The van der Waals surface area contributed by atoms with Crippen LogP contribution in [0, 0.1) is 13.8 Å². The summed E-state index contributed by atoms with van der Waals surface area (Å²) in [5.41, 5.74) is 3.72. The van der Waals surface area contributed by atoms with E-state index in [2.05, 4.69) is 5.32 Å². The fraction of sp³-hybridized carbons (Fsp3) is 0.310. The Labute approximate surface area is 223 Å². The summed E-state index contributed by atoms with van der Waals surface area (Å²) in [4.78, 5) is 28.6. The smallest absolute Gasteiger partial charge is 0.261 e. The van der Waals surface area contributed by atoms with Gasteiger partial charge in [0.05, 0.1) is 0 Å². The molecule has 0 aliphatic rings. The van der Waals surface area contributed by atoms with E-state index < -0.39 is 6.04 Å². The number of rotatable bonds is 10. The lowest BCUT2D eigenvalue weighted by atomic mass is 10.0. The molecule has 0 fully saturated rings. The van der Waals surface area contributed by atoms with Crippen molar-refractivity contribution in [2.75, 3.05) is 6.61 Å². The topological polar surface area (TPSA) is 58.6 Å². The lowest BCUT2D eigenvalue weighted by molar-refractivity contribution is -0.143. The Morgan fingerprint density at radius 2 is 1.61 bits per heavy atom. The SMILES string of the molecule is Cc1cc(C)cc(OCC(=O)N(Cc2ccc(Cl)cc2Cl)[C@@H](Cc2ccccc2)C(=O)NC(C)C)c1. The zero-order valence-corrected chi connectivity index (χ0v) is 22.6. The maximum Gasteiger partial charge on any atom is 0.261 e. The van der Waals surface area contributed by atoms with Crippen LogP contribution >= 0.6 is 23.2 Å². The van der Waals surface area contributed by atoms with Crippen molar-refractivity contribution in [2.45, 2.75) is 52.7 Å². The summed E-state index contributed by atoms with van der Waals surface area (Å²) in [5.74, 6) is 0.0512. The summed E-state index contributed by atoms with van der Waals surface area (Å²) >= 11 is 12.5. The highest BCUT2D eigenvalue weighted by atomic mass is 35.5. The minimum Gasteiger partial charge on any atom is -0.484 e. The van der Waals surface area contributed by atoms with Crippen molar-refractivity contribution in [3.05, 3.63) is 99.0 Å². The molecule has 2 amide bonds. The third-order valence-corrected chi connectivity index (χ3v) is 6.20. The van der Waals surface area contributed by atoms with E-state index >= 15 is 0 Å². The Kier molecular flexibility index (Phi) is 9.80. The molecule has 3 aromatic rings. The number of hydrogen-bond donors (Lipinski definition) is 1. The van der Waals surface area contributed by atoms with Crippen LogP contribution in [-0.4, -0.2) is 35.4 Å². The number of halogens is 2. The third kappa shape index (κ3) is 8.00. The van der Waals surface area contributed by atoms with Gasteiger partial charge in [0, 0.05) is 29.1 Å². The van der Waals surface area contributed by atoms with Gasteiger partial charge in [-0.3, -0.25) is 9.59 Å². The van der Waals surface area contributed by atoms with E-state index in [1.165, 1.54) is 0 Å². The van der Waals surface area contributed by atoms with E-state index in [1.807, 2.05) is 76.2 Å². The quantitative estimate of drug-likeness (QED) is 0.344. The zero-order chi connectivity index (χ0) is 26.2. The lowest BCUT2D eigenvalue weighted by Crippen LogP contribution is -2.52. The van der Waals surface area contributed by atoms with Crippen LogP contribution in [0.15, 0.2) is 66.7 Å². The van der Waals surface area contributed by atoms with Gasteiger partial charge in [-0.25, -0.2) is 0 Å². The molecule has 3 aromatic carbocycles. The number of nitrogens with one attached hydrogen (secondary N) is 1. The maximum absolute atomic E-state index is 13.6. The zero-order valence-electron chi connectivity index (χ0n) is 21.1. The molecule has 0 heterocycles. The van der Waals surface area contributed by atoms with Gasteiger partial charge in [0.1, 0.15) is 11.8 Å². The molecule has 1 N–H and O–H groups in total. The van der Waals surface area contributed by atoms with E-state index in [0.29, 0.717) is 27.8 Å².